The summed E-state index contributed by atoms with van der Waals surface area (Å²) in [6.07, 6.45) is 0.363. The molecule has 0 aromatic carbocycles. The van der Waals surface area contributed by atoms with E-state index in [1.54, 1.807) is 6.92 Å². The zero-order chi connectivity index (χ0) is 14.5. The zero-order valence-electron chi connectivity index (χ0n) is 9.62. The molecule has 102 valence electrons. The number of hydrogen-bond donors (Lipinski definition) is 4. The Balaban J connectivity index is 5.77. The average molecular weight is 262 g/mol. The first-order valence-corrected chi connectivity index (χ1v) is 5.15. The Morgan fingerprint density at radius 3 is 1.56 bits per heavy atom. The predicted octanol–water partition coefficient (Wildman–Crippen LogP) is 0.118. The van der Waals surface area contributed by atoms with Gasteiger partial charge < -0.3 is 20.4 Å². The Labute approximate surface area is 102 Å². The van der Waals surface area contributed by atoms with E-state index in [2.05, 4.69) is 0 Å². The summed E-state index contributed by atoms with van der Waals surface area (Å²) in [5.41, 5.74) is -3.36. The summed E-state index contributed by atoms with van der Waals surface area (Å²) in [7, 11) is 0. The van der Waals surface area contributed by atoms with Crippen LogP contribution < -0.4 is 0 Å². The lowest BCUT2D eigenvalue weighted by Crippen LogP contribution is -2.54. The molecule has 0 spiro atoms. The number of unbranched alkanes of at least 4 members (excludes halogenated alkanes) is 1. The monoisotopic (exact) mass is 262 g/mol. The van der Waals surface area contributed by atoms with E-state index in [1.807, 2.05) is 0 Å². The molecule has 1 atom stereocenters. The van der Waals surface area contributed by atoms with Crippen LogP contribution in [0.1, 0.15) is 26.2 Å². The molecule has 0 bridgehead atoms. The molecule has 0 aromatic heterocycles. The van der Waals surface area contributed by atoms with Gasteiger partial charge in [-0.25, -0.2) is 0 Å². The SMILES string of the molecule is CCCCC(C(=O)O)C(C(=O)O)(C(=O)O)C(=O)O. The molecule has 0 aromatic rings. The maximum absolute atomic E-state index is 11.0. The van der Waals surface area contributed by atoms with Crippen molar-refractivity contribution in [2.45, 2.75) is 26.2 Å². The number of carboxylic acids is 4. The van der Waals surface area contributed by atoms with E-state index in [4.69, 9.17) is 20.4 Å². The molecular weight excluding hydrogens is 248 g/mol. The minimum absolute atomic E-state index is 0.215. The molecule has 0 heterocycles. The van der Waals surface area contributed by atoms with Crippen LogP contribution in [0, 0.1) is 11.3 Å². The van der Waals surface area contributed by atoms with Crippen molar-refractivity contribution in [3.8, 4) is 0 Å². The Morgan fingerprint density at radius 2 is 1.33 bits per heavy atom. The maximum atomic E-state index is 11.0. The fourth-order valence-corrected chi connectivity index (χ4v) is 1.66. The minimum atomic E-state index is -3.36. The summed E-state index contributed by atoms with van der Waals surface area (Å²) in [6.45, 7) is 1.68. The van der Waals surface area contributed by atoms with Crippen LogP contribution in [0.15, 0.2) is 0 Å². The van der Waals surface area contributed by atoms with E-state index >= 15 is 0 Å². The third-order valence-corrected chi connectivity index (χ3v) is 2.68. The van der Waals surface area contributed by atoms with Crippen LogP contribution in [-0.2, 0) is 19.2 Å². The van der Waals surface area contributed by atoms with Crippen LogP contribution in [0.5, 0.6) is 0 Å². The molecule has 0 saturated carbocycles. The summed E-state index contributed by atoms with van der Waals surface area (Å²) in [4.78, 5) is 43.9. The lowest BCUT2D eigenvalue weighted by Gasteiger charge is -2.26. The second-order valence-electron chi connectivity index (χ2n) is 3.76. The Hall–Kier alpha value is -2.12. The van der Waals surface area contributed by atoms with Crippen LogP contribution in [0.25, 0.3) is 0 Å². The van der Waals surface area contributed by atoms with E-state index < -0.39 is 35.2 Å². The Kier molecular flexibility index (Phi) is 5.28. The first kappa shape index (κ1) is 15.9. The molecule has 0 aliphatic rings. The van der Waals surface area contributed by atoms with E-state index in [0.29, 0.717) is 6.42 Å². The largest absolute Gasteiger partial charge is 0.481 e. The zero-order valence-corrected chi connectivity index (χ0v) is 9.62. The molecule has 8 nitrogen and oxygen atoms in total. The summed E-state index contributed by atoms with van der Waals surface area (Å²) < 4.78 is 0. The predicted molar refractivity (Wildman–Crippen MR) is 56.0 cm³/mol. The second-order valence-corrected chi connectivity index (χ2v) is 3.76. The topological polar surface area (TPSA) is 149 Å². The van der Waals surface area contributed by atoms with Crippen LogP contribution in [0.4, 0.5) is 0 Å². The molecule has 0 fully saturated rings. The lowest BCUT2D eigenvalue weighted by molar-refractivity contribution is -0.186. The van der Waals surface area contributed by atoms with Gasteiger partial charge in [-0.1, -0.05) is 19.8 Å². The van der Waals surface area contributed by atoms with Gasteiger partial charge in [-0.15, -0.1) is 0 Å². The van der Waals surface area contributed by atoms with Gasteiger partial charge >= 0.3 is 23.9 Å². The number of rotatable bonds is 8. The van der Waals surface area contributed by atoms with Crippen LogP contribution in [-0.4, -0.2) is 44.3 Å². The van der Waals surface area contributed by atoms with Gasteiger partial charge in [0.1, 0.15) is 0 Å². The summed E-state index contributed by atoms with van der Waals surface area (Å²) >= 11 is 0. The Bertz CT molecular complexity index is 336. The van der Waals surface area contributed by atoms with Crippen molar-refractivity contribution >= 4 is 23.9 Å². The molecule has 0 radical (unpaired) electrons. The van der Waals surface area contributed by atoms with E-state index in [9.17, 15) is 19.2 Å². The highest BCUT2D eigenvalue weighted by atomic mass is 16.4. The third kappa shape index (κ3) is 2.58. The number of hydrogen-bond acceptors (Lipinski definition) is 4. The fraction of sp³-hybridized carbons (Fsp3) is 0.600. The van der Waals surface area contributed by atoms with E-state index in [-0.39, 0.29) is 12.8 Å². The van der Waals surface area contributed by atoms with Crippen molar-refractivity contribution < 1.29 is 39.6 Å². The first-order chi connectivity index (χ1) is 8.22. The third-order valence-electron chi connectivity index (χ3n) is 2.68. The quantitative estimate of drug-likeness (QED) is 0.450. The highest BCUT2D eigenvalue weighted by Crippen LogP contribution is 2.33. The van der Waals surface area contributed by atoms with Crippen molar-refractivity contribution in [1.29, 1.82) is 0 Å². The molecule has 1 unspecified atom stereocenters. The van der Waals surface area contributed by atoms with Gasteiger partial charge in [0.05, 0.1) is 5.92 Å². The fourth-order valence-electron chi connectivity index (χ4n) is 1.66. The van der Waals surface area contributed by atoms with Crippen LogP contribution >= 0.6 is 0 Å². The van der Waals surface area contributed by atoms with Gasteiger partial charge in [-0.2, -0.15) is 0 Å². The molecule has 0 saturated heterocycles. The summed E-state index contributed by atoms with van der Waals surface area (Å²) in [5, 5.41) is 35.5. The molecule has 8 heteroatoms. The number of carboxylic acid groups (broad SMARTS) is 4. The standard InChI is InChI=1S/C10H14O8/c1-2-3-4-5(6(11)12)10(7(13)14,8(15)16)9(17)18/h5H,2-4H2,1H3,(H,11,12)(H,13,14)(H,15,16)(H,17,18). The van der Waals surface area contributed by atoms with E-state index in [1.165, 1.54) is 0 Å². The molecule has 0 amide bonds. The highest BCUT2D eigenvalue weighted by molar-refractivity contribution is 6.18. The smallest absolute Gasteiger partial charge is 0.333 e. The van der Waals surface area contributed by atoms with E-state index in [0.717, 1.165) is 0 Å². The van der Waals surface area contributed by atoms with Crippen molar-refractivity contribution in [3.63, 3.8) is 0 Å². The second kappa shape index (κ2) is 5.99. The van der Waals surface area contributed by atoms with Gasteiger partial charge in [0.25, 0.3) is 5.41 Å². The van der Waals surface area contributed by atoms with Crippen LogP contribution in [0.3, 0.4) is 0 Å². The first-order valence-electron chi connectivity index (χ1n) is 5.15. The van der Waals surface area contributed by atoms with Gasteiger partial charge in [0.15, 0.2) is 0 Å². The highest BCUT2D eigenvalue weighted by Gasteiger charge is 2.62. The van der Waals surface area contributed by atoms with Crippen molar-refractivity contribution in [2.24, 2.45) is 11.3 Å². The molecule has 18 heavy (non-hydrogen) atoms. The average Bonchev–Trinajstić information content (AvgIpc) is 2.21. The lowest BCUT2D eigenvalue weighted by atomic mass is 9.73. The number of aliphatic carboxylic acids is 4. The van der Waals surface area contributed by atoms with Crippen LogP contribution in [0.2, 0.25) is 0 Å². The molecular formula is C10H14O8. The maximum Gasteiger partial charge on any atom is 0.333 e. The molecule has 0 rings (SSSR count). The molecule has 0 aliphatic heterocycles. The van der Waals surface area contributed by atoms with Crippen molar-refractivity contribution in [2.75, 3.05) is 0 Å². The Morgan fingerprint density at radius 1 is 0.944 bits per heavy atom. The molecule has 4 N–H and O–H groups in total. The summed E-state index contributed by atoms with van der Waals surface area (Å²) in [6, 6.07) is 0. The van der Waals surface area contributed by atoms with Gasteiger partial charge in [-0.3, -0.25) is 19.2 Å². The van der Waals surface area contributed by atoms with Gasteiger partial charge in [-0.05, 0) is 6.42 Å². The minimum Gasteiger partial charge on any atom is -0.481 e. The van der Waals surface area contributed by atoms with Crippen molar-refractivity contribution in [3.05, 3.63) is 0 Å². The summed E-state index contributed by atoms with van der Waals surface area (Å²) in [5.74, 6) is -10.3. The van der Waals surface area contributed by atoms with Gasteiger partial charge in [0.2, 0.25) is 0 Å². The normalized spacial score (nSPS) is 12.7. The van der Waals surface area contributed by atoms with Gasteiger partial charge in [0, 0.05) is 0 Å². The number of carbonyl (C=O) groups is 4. The molecule has 0 aliphatic carbocycles. The van der Waals surface area contributed by atoms with Crippen molar-refractivity contribution in [1.82, 2.24) is 0 Å².